The summed E-state index contributed by atoms with van der Waals surface area (Å²) >= 11 is 0. The number of fused-ring (bicyclic) bond motifs is 1. The van der Waals surface area contributed by atoms with Gasteiger partial charge in [-0.25, -0.2) is 0 Å². The van der Waals surface area contributed by atoms with Crippen LogP contribution < -0.4 is 5.32 Å². The first kappa shape index (κ1) is 13.7. The van der Waals surface area contributed by atoms with Crippen LogP contribution in [0.4, 0.5) is 11.4 Å². The van der Waals surface area contributed by atoms with Gasteiger partial charge in [0.25, 0.3) is 5.91 Å². The number of benzene rings is 3. The molecule has 3 aromatic rings. The third kappa shape index (κ3) is 2.75. The van der Waals surface area contributed by atoms with E-state index in [-0.39, 0.29) is 5.91 Å². The molecule has 0 atom stereocenters. The Morgan fingerprint density at radius 3 is 2.45 bits per heavy atom. The summed E-state index contributed by atoms with van der Waals surface area (Å²) in [5.74, 6) is -0.205. The van der Waals surface area contributed by atoms with Gasteiger partial charge in [-0.15, -0.1) is 0 Å². The Balaban J connectivity index is 1.88. The second-order valence-electron chi connectivity index (χ2n) is 4.72. The largest absolute Gasteiger partial charge is 0.321 e. The first-order valence-electron chi connectivity index (χ1n) is 6.72. The molecule has 1 N–H and O–H groups in total. The van der Waals surface area contributed by atoms with Crippen LogP contribution in [0.5, 0.6) is 0 Å². The van der Waals surface area contributed by atoms with Gasteiger partial charge in [0.2, 0.25) is 0 Å². The molecule has 0 aliphatic carbocycles. The van der Waals surface area contributed by atoms with Crippen molar-refractivity contribution >= 4 is 28.1 Å². The van der Waals surface area contributed by atoms with E-state index in [0.717, 1.165) is 16.5 Å². The fourth-order valence-corrected chi connectivity index (χ4v) is 2.26. The molecular formula is C17H12N4O. The SMILES string of the molecule is [N-]=[N+]=Nc1ccc(C(=O)Nc2cccc3ccccc23)cc1. The molecular weight excluding hydrogens is 276 g/mol. The van der Waals surface area contributed by atoms with Gasteiger partial charge in [-0.05, 0) is 29.1 Å². The van der Waals surface area contributed by atoms with Crippen molar-refractivity contribution in [2.45, 2.75) is 0 Å². The number of amides is 1. The number of carbonyl (C=O) groups excluding carboxylic acids is 1. The second-order valence-corrected chi connectivity index (χ2v) is 4.72. The highest BCUT2D eigenvalue weighted by Gasteiger charge is 2.08. The van der Waals surface area contributed by atoms with Gasteiger partial charge in [-0.3, -0.25) is 4.79 Å². The highest BCUT2D eigenvalue weighted by Crippen LogP contribution is 2.23. The minimum absolute atomic E-state index is 0.205. The zero-order valence-electron chi connectivity index (χ0n) is 11.6. The van der Waals surface area contributed by atoms with Crippen LogP contribution in [0, 0.1) is 0 Å². The number of azide groups is 1. The molecule has 0 bridgehead atoms. The maximum atomic E-state index is 12.3. The van der Waals surface area contributed by atoms with E-state index in [1.807, 2.05) is 42.5 Å². The topological polar surface area (TPSA) is 77.9 Å². The molecule has 5 heteroatoms. The average Bonchev–Trinajstić information content (AvgIpc) is 2.56. The van der Waals surface area contributed by atoms with Crippen LogP contribution in [0.1, 0.15) is 10.4 Å². The van der Waals surface area contributed by atoms with Crippen molar-refractivity contribution in [3.8, 4) is 0 Å². The van der Waals surface area contributed by atoms with Gasteiger partial charge >= 0.3 is 0 Å². The molecule has 0 heterocycles. The Hall–Kier alpha value is -3.30. The van der Waals surface area contributed by atoms with Crippen LogP contribution in [0.2, 0.25) is 0 Å². The van der Waals surface area contributed by atoms with Crippen LogP contribution in [-0.2, 0) is 0 Å². The second kappa shape index (κ2) is 5.99. The lowest BCUT2D eigenvalue weighted by molar-refractivity contribution is 0.102. The van der Waals surface area contributed by atoms with E-state index in [2.05, 4.69) is 15.3 Å². The molecule has 1 amide bonds. The van der Waals surface area contributed by atoms with Crippen LogP contribution in [0.25, 0.3) is 21.2 Å². The van der Waals surface area contributed by atoms with Gasteiger partial charge in [-0.1, -0.05) is 53.6 Å². The molecule has 0 fully saturated rings. The number of rotatable bonds is 3. The Morgan fingerprint density at radius 2 is 1.68 bits per heavy atom. The summed E-state index contributed by atoms with van der Waals surface area (Å²) < 4.78 is 0. The number of hydrogen-bond donors (Lipinski definition) is 1. The summed E-state index contributed by atoms with van der Waals surface area (Å²) in [4.78, 5) is 15.0. The van der Waals surface area contributed by atoms with Crippen molar-refractivity contribution in [2.24, 2.45) is 5.11 Å². The predicted molar refractivity (Wildman–Crippen MR) is 87.1 cm³/mol. The maximum absolute atomic E-state index is 12.3. The predicted octanol–water partition coefficient (Wildman–Crippen LogP) is 5.03. The molecule has 0 unspecified atom stereocenters. The average molecular weight is 288 g/mol. The Kier molecular flexibility index (Phi) is 3.72. The van der Waals surface area contributed by atoms with Crippen LogP contribution >= 0.6 is 0 Å². The fraction of sp³-hybridized carbons (Fsp3) is 0. The molecule has 0 radical (unpaired) electrons. The van der Waals surface area contributed by atoms with Gasteiger partial charge in [-0.2, -0.15) is 0 Å². The maximum Gasteiger partial charge on any atom is 0.255 e. The normalized spacial score (nSPS) is 10.0. The van der Waals surface area contributed by atoms with Crippen molar-refractivity contribution < 1.29 is 4.79 Å². The van der Waals surface area contributed by atoms with Crippen LogP contribution in [-0.4, -0.2) is 5.91 Å². The molecule has 0 saturated carbocycles. The molecule has 0 saturated heterocycles. The fourth-order valence-electron chi connectivity index (χ4n) is 2.26. The minimum atomic E-state index is -0.205. The molecule has 0 aliphatic rings. The van der Waals surface area contributed by atoms with E-state index in [0.29, 0.717) is 11.3 Å². The number of nitrogens with zero attached hydrogens (tertiary/aromatic N) is 3. The Morgan fingerprint density at radius 1 is 0.955 bits per heavy atom. The summed E-state index contributed by atoms with van der Waals surface area (Å²) in [7, 11) is 0. The zero-order valence-corrected chi connectivity index (χ0v) is 11.6. The van der Waals surface area contributed by atoms with E-state index in [9.17, 15) is 4.79 Å². The standard InChI is InChI=1S/C17H12N4O/c18-21-20-14-10-8-13(9-11-14)17(22)19-16-7-3-5-12-4-1-2-6-15(12)16/h1-11H,(H,19,22). The summed E-state index contributed by atoms with van der Waals surface area (Å²) in [5.41, 5.74) is 10.1. The molecule has 3 rings (SSSR count). The molecule has 0 spiro atoms. The van der Waals surface area contributed by atoms with E-state index in [4.69, 9.17) is 5.53 Å². The quantitative estimate of drug-likeness (QED) is 0.409. The van der Waals surface area contributed by atoms with Crippen LogP contribution in [0.15, 0.2) is 71.8 Å². The van der Waals surface area contributed by atoms with Crippen LogP contribution in [0.3, 0.4) is 0 Å². The van der Waals surface area contributed by atoms with Gasteiger partial charge in [0.05, 0.1) is 0 Å². The van der Waals surface area contributed by atoms with Gasteiger partial charge in [0, 0.05) is 27.2 Å². The number of hydrogen-bond acceptors (Lipinski definition) is 2. The molecule has 22 heavy (non-hydrogen) atoms. The van der Waals surface area contributed by atoms with Crippen molar-refractivity contribution in [2.75, 3.05) is 5.32 Å². The number of anilines is 1. The summed E-state index contributed by atoms with van der Waals surface area (Å²) in [6.45, 7) is 0. The minimum Gasteiger partial charge on any atom is -0.321 e. The zero-order chi connectivity index (χ0) is 15.4. The molecule has 106 valence electrons. The van der Waals surface area contributed by atoms with Crippen molar-refractivity contribution in [3.63, 3.8) is 0 Å². The molecule has 0 aromatic heterocycles. The smallest absolute Gasteiger partial charge is 0.255 e. The van der Waals surface area contributed by atoms with Crippen molar-refractivity contribution in [3.05, 3.63) is 82.7 Å². The highest BCUT2D eigenvalue weighted by atomic mass is 16.1. The molecule has 3 aromatic carbocycles. The summed E-state index contributed by atoms with van der Waals surface area (Å²) in [6, 6.07) is 20.1. The van der Waals surface area contributed by atoms with Gasteiger partial charge in [0.1, 0.15) is 0 Å². The summed E-state index contributed by atoms with van der Waals surface area (Å²) in [5, 5.41) is 8.45. The lowest BCUT2D eigenvalue weighted by Crippen LogP contribution is -2.11. The lowest BCUT2D eigenvalue weighted by Gasteiger charge is -2.09. The Bertz CT molecular complexity index is 875. The number of nitrogens with one attached hydrogen (secondary N) is 1. The summed E-state index contributed by atoms with van der Waals surface area (Å²) in [6.07, 6.45) is 0. The highest BCUT2D eigenvalue weighted by molar-refractivity contribution is 6.09. The number of carbonyl (C=O) groups is 1. The first-order valence-corrected chi connectivity index (χ1v) is 6.72. The Labute approximate surface area is 126 Å². The van der Waals surface area contributed by atoms with E-state index < -0.39 is 0 Å². The van der Waals surface area contributed by atoms with Crippen molar-refractivity contribution in [1.29, 1.82) is 0 Å². The third-order valence-electron chi connectivity index (χ3n) is 3.33. The van der Waals surface area contributed by atoms with E-state index >= 15 is 0 Å². The molecule has 5 nitrogen and oxygen atoms in total. The lowest BCUT2D eigenvalue weighted by atomic mass is 10.1. The van der Waals surface area contributed by atoms with E-state index in [1.54, 1.807) is 24.3 Å². The van der Waals surface area contributed by atoms with E-state index in [1.165, 1.54) is 0 Å². The monoisotopic (exact) mass is 288 g/mol. The third-order valence-corrected chi connectivity index (χ3v) is 3.33. The first-order chi connectivity index (χ1) is 10.8. The van der Waals surface area contributed by atoms with Gasteiger partial charge in [0.15, 0.2) is 0 Å². The molecule has 0 aliphatic heterocycles. The van der Waals surface area contributed by atoms with Gasteiger partial charge < -0.3 is 5.32 Å². The van der Waals surface area contributed by atoms with Crippen molar-refractivity contribution in [1.82, 2.24) is 0 Å².